The van der Waals surface area contributed by atoms with Crippen LogP contribution in [0.15, 0.2) is 12.1 Å². The summed E-state index contributed by atoms with van der Waals surface area (Å²) in [6, 6.07) is 3.54. The van der Waals surface area contributed by atoms with Gasteiger partial charge in [0.2, 0.25) is 0 Å². The van der Waals surface area contributed by atoms with E-state index in [1.807, 2.05) is 0 Å². The first-order valence-corrected chi connectivity index (χ1v) is 6.12. The minimum atomic E-state index is -3.11. The second-order valence-electron chi connectivity index (χ2n) is 3.74. The topological polar surface area (TPSA) is 58.6 Å². The summed E-state index contributed by atoms with van der Waals surface area (Å²) in [5, 5.41) is 10.9. The fraction of sp³-hybridized carbons (Fsp3) is 0.545. The number of aliphatic hydroxyl groups is 1. The van der Waals surface area contributed by atoms with Gasteiger partial charge >= 0.3 is 5.97 Å². The lowest BCUT2D eigenvalue weighted by atomic mass is 10.3. The van der Waals surface area contributed by atoms with Crippen LogP contribution in [-0.2, 0) is 22.5 Å². The van der Waals surface area contributed by atoms with Crippen LogP contribution in [-0.4, -0.2) is 37.3 Å². The Morgan fingerprint density at radius 3 is 2.78 bits per heavy atom. The standard InChI is InChI=1S/C11H15F2NO3S/c1-17-10(16)4-8-2-3-9(18-8)5-14-6-11(12,13)7-15/h2-3,14-15H,4-7H2,1H3. The van der Waals surface area contributed by atoms with Gasteiger partial charge in [-0.3, -0.25) is 4.79 Å². The largest absolute Gasteiger partial charge is 0.469 e. The van der Waals surface area contributed by atoms with Crippen molar-refractivity contribution in [2.45, 2.75) is 18.9 Å². The monoisotopic (exact) mass is 279 g/mol. The van der Waals surface area contributed by atoms with Crippen LogP contribution in [0.4, 0.5) is 8.78 Å². The zero-order valence-corrected chi connectivity index (χ0v) is 10.7. The predicted octanol–water partition coefficient (Wildman–Crippen LogP) is 1.18. The van der Waals surface area contributed by atoms with Gasteiger partial charge in [-0.15, -0.1) is 11.3 Å². The van der Waals surface area contributed by atoms with E-state index >= 15 is 0 Å². The number of carbonyl (C=O) groups is 1. The zero-order valence-electron chi connectivity index (χ0n) is 9.91. The van der Waals surface area contributed by atoms with Crippen molar-refractivity contribution in [2.75, 3.05) is 20.3 Å². The first-order chi connectivity index (χ1) is 8.46. The highest BCUT2D eigenvalue weighted by molar-refractivity contribution is 7.12. The number of thiophene rings is 1. The second kappa shape index (κ2) is 6.77. The van der Waals surface area contributed by atoms with Crippen LogP contribution in [0.2, 0.25) is 0 Å². The molecule has 7 heteroatoms. The van der Waals surface area contributed by atoms with Crippen LogP contribution < -0.4 is 5.32 Å². The Labute approximate surface area is 108 Å². The van der Waals surface area contributed by atoms with E-state index in [4.69, 9.17) is 5.11 Å². The number of esters is 1. The number of ether oxygens (including phenoxy) is 1. The Morgan fingerprint density at radius 1 is 1.50 bits per heavy atom. The summed E-state index contributed by atoms with van der Waals surface area (Å²) in [5.74, 6) is -3.44. The lowest BCUT2D eigenvalue weighted by molar-refractivity contribution is -0.139. The Morgan fingerprint density at radius 2 is 2.17 bits per heavy atom. The summed E-state index contributed by atoms with van der Waals surface area (Å²) in [7, 11) is 1.31. The van der Waals surface area contributed by atoms with Crippen molar-refractivity contribution in [3.8, 4) is 0 Å². The molecule has 4 nitrogen and oxygen atoms in total. The third-order valence-electron chi connectivity index (χ3n) is 2.18. The lowest BCUT2D eigenvalue weighted by Crippen LogP contribution is -2.35. The summed E-state index contributed by atoms with van der Waals surface area (Å²) in [6.07, 6.45) is 0.188. The number of aliphatic hydroxyl groups excluding tert-OH is 1. The molecule has 1 aromatic heterocycles. The molecule has 1 rings (SSSR count). The molecule has 0 bridgehead atoms. The van der Waals surface area contributed by atoms with Crippen molar-refractivity contribution in [1.82, 2.24) is 5.32 Å². The zero-order chi connectivity index (χ0) is 13.6. The highest BCUT2D eigenvalue weighted by Gasteiger charge is 2.26. The van der Waals surface area contributed by atoms with Crippen LogP contribution in [0.3, 0.4) is 0 Å². The fourth-order valence-electron chi connectivity index (χ4n) is 1.25. The number of halogens is 2. The van der Waals surface area contributed by atoms with Gasteiger partial charge in [-0.05, 0) is 12.1 Å². The molecular weight excluding hydrogens is 264 g/mol. The quantitative estimate of drug-likeness (QED) is 0.736. The predicted molar refractivity (Wildman–Crippen MR) is 63.8 cm³/mol. The maximum absolute atomic E-state index is 12.7. The van der Waals surface area contributed by atoms with E-state index in [1.165, 1.54) is 18.4 Å². The van der Waals surface area contributed by atoms with E-state index in [1.54, 1.807) is 12.1 Å². The minimum absolute atomic E-state index is 0.188. The molecule has 0 amide bonds. The smallest absolute Gasteiger partial charge is 0.310 e. The number of carbonyl (C=O) groups excluding carboxylic acids is 1. The van der Waals surface area contributed by atoms with E-state index in [9.17, 15) is 13.6 Å². The molecule has 0 fully saturated rings. The molecule has 0 aliphatic carbocycles. The molecule has 2 N–H and O–H groups in total. The van der Waals surface area contributed by atoms with E-state index < -0.39 is 19.1 Å². The average Bonchev–Trinajstić information content (AvgIpc) is 2.76. The molecule has 0 aliphatic heterocycles. The van der Waals surface area contributed by atoms with Gasteiger partial charge < -0.3 is 15.2 Å². The van der Waals surface area contributed by atoms with Crippen molar-refractivity contribution in [3.05, 3.63) is 21.9 Å². The van der Waals surface area contributed by atoms with Crippen LogP contribution in [0.1, 0.15) is 9.75 Å². The molecule has 0 spiro atoms. The van der Waals surface area contributed by atoms with Crippen LogP contribution in [0.5, 0.6) is 0 Å². The van der Waals surface area contributed by atoms with Gasteiger partial charge in [0.15, 0.2) is 0 Å². The molecule has 0 unspecified atom stereocenters. The Balaban J connectivity index is 2.38. The third kappa shape index (κ3) is 5.07. The first-order valence-electron chi connectivity index (χ1n) is 5.30. The van der Waals surface area contributed by atoms with Gasteiger partial charge in [0.05, 0.1) is 20.1 Å². The summed E-state index contributed by atoms with van der Waals surface area (Å²) in [5.41, 5.74) is 0. The highest BCUT2D eigenvalue weighted by Crippen LogP contribution is 2.18. The number of hydrogen-bond acceptors (Lipinski definition) is 5. The van der Waals surface area contributed by atoms with E-state index in [-0.39, 0.29) is 18.9 Å². The number of hydrogen-bond donors (Lipinski definition) is 2. The van der Waals surface area contributed by atoms with Gasteiger partial charge in [-0.1, -0.05) is 0 Å². The first kappa shape index (κ1) is 15.0. The fourth-order valence-corrected chi connectivity index (χ4v) is 2.22. The molecule has 0 saturated carbocycles. The van der Waals surface area contributed by atoms with Crippen molar-refractivity contribution in [2.24, 2.45) is 0 Å². The van der Waals surface area contributed by atoms with Gasteiger partial charge in [-0.25, -0.2) is 8.78 Å². The third-order valence-corrected chi connectivity index (χ3v) is 3.26. The maximum atomic E-state index is 12.7. The molecule has 0 aliphatic rings. The second-order valence-corrected chi connectivity index (χ2v) is 4.99. The van der Waals surface area contributed by atoms with Gasteiger partial charge in [0.25, 0.3) is 5.92 Å². The van der Waals surface area contributed by atoms with E-state index in [2.05, 4.69) is 10.1 Å². The Bertz CT molecular complexity index is 395. The van der Waals surface area contributed by atoms with Crippen molar-refractivity contribution < 1.29 is 23.4 Å². The number of rotatable bonds is 7. The van der Waals surface area contributed by atoms with Crippen molar-refractivity contribution in [3.63, 3.8) is 0 Å². The molecule has 0 radical (unpaired) electrons. The lowest BCUT2D eigenvalue weighted by Gasteiger charge is -2.13. The average molecular weight is 279 g/mol. The Kier molecular flexibility index (Phi) is 5.64. The van der Waals surface area contributed by atoms with E-state index in [0.717, 1.165) is 9.75 Å². The summed E-state index contributed by atoms with van der Waals surface area (Å²) < 4.78 is 29.9. The molecule has 0 aromatic carbocycles. The molecule has 102 valence electrons. The minimum Gasteiger partial charge on any atom is -0.469 e. The van der Waals surface area contributed by atoms with E-state index in [0.29, 0.717) is 0 Å². The SMILES string of the molecule is COC(=O)Cc1ccc(CNCC(F)(F)CO)s1. The summed E-state index contributed by atoms with van der Waals surface area (Å²) in [6.45, 7) is -1.47. The van der Waals surface area contributed by atoms with Gasteiger partial charge in [-0.2, -0.15) is 0 Å². The Hall–Kier alpha value is -1.05. The van der Waals surface area contributed by atoms with Crippen molar-refractivity contribution >= 4 is 17.3 Å². The molecule has 18 heavy (non-hydrogen) atoms. The number of alkyl halides is 2. The molecule has 0 atom stereocenters. The maximum Gasteiger partial charge on any atom is 0.310 e. The molecular formula is C11H15F2NO3S. The van der Waals surface area contributed by atoms with Crippen LogP contribution in [0.25, 0.3) is 0 Å². The van der Waals surface area contributed by atoms with Gasteiger partial charge in [0, 0.05) is 16.3 Å². The summed E-state index contributed by atoms with van der Waals surface area (Å²) in [4.78, 5) is 12.7. The van der Waals surface area contributed by atoms with Crippen LogP contribution in [0, 0.1) is 0 Å². The molecule has 0 saturated heterocycles. The molecule has 1 heterocycles. The van der Waals surface area contributed by atoms with Crippen molar-refractivity contribution in [1.29, 1.82) is 0 Å². The molecule has 1 aromatic rings. The summed E-state index contributed by atoms with van der Waals surface area (Å²) >= 11 is 1.36. The highest BCUT2D eigenvalue weighted by atomic mass is 32.1. The number of nitrogens with one attached hydrogen (secondary N) is 1. The van der Waals surface area contributed by atoms with Gasteiger partial charge in [0.1, 0.15) is 6.61 Å². The number of methoxy groups -OCH3 is 1. The normalized spacial score (nSPS) is 11.6. The van der Waals surface area contributed by atoms with Crippen LogP contribution >= 0.6 is 11.3 Å².